The minimum absolute atomic E-state index is 0.0312. The Bertz CT molecular complexity index is 776. The van der Waals surface area contributed by atoms with E-state index in [-0.39, 0.29) is 28.7 Å². The first-order valence-corrected chi connectivity index (χ1v) is 8.86. The zero-order valence-corrected chi connectivity index (χ0v) is 16.1. The highest BCUT2D eigenvalue weighted by atomic mass is 35.5. The lowest BCUT2D eigenvalue weighted by atomic mass is 10.2. The Kier molecular flexibility index (Phi) is 7.30. The molecular formula is C17H20ClN3O7. The highest BCUT2D eigenvalue weighted by Crippen LogP contribution is 2.24. The molecule has 1 aromatic carbocycles. The maximum Gasteiger partial charge on any atom is 0.325 e. The van der Waals surface area contributed by atoms with E-state index in [1.54, 1.807) is 4.90 Å². The van der Waals surface area contributed by atoms with Crippen LogP contribution in [0.3, 0.4) is 0 Å². The molecule has 0 bridgehead atoms. The molecule has 1 N–H and O–H groups in total. The number of hydrogen-bond acceptors (Lipinski definition) is 7. The molecular weight excluding hydrogens is 394 g/mol. The van der Waals surface area contributed by atoms with Crippen LogP contribution in [-0.4, -0.2) is 66.1 Å². The third kappa shape index (κ3) is 5.89. The van der Waals surface area contributed by atoms with Gasteiger partial charge in [0.25, 0.3) is 17.5 Å². The zero-order valence-electron chi connectivity index (χ0n) is 15.3. The van der Waals surface area contributed by atoms with Crippen molar-refractivity contribution in [2.24, 2.45) is 0 Å². The average Bonchev–Trinajstić information content (AvgIpc) is 2.63. The minimum Gasteiger partial charge on any atom is -0.454 e. The molecule has 0 aromatic heterocycles. The molecule has 1 aromatic rings. The molecule has 0 aliphatic carbocycles. The number of ether oxygens (including phenoxy) is 2. The second-order valence-electron chi connectivity index (χ2n) is 6.32. The summed E-state index contributed by atoms with van der Waals surface area (Å²) in [7, 11) is 0. The number of halogens is 1. The summed E-state index contributed by atoms with van der Waals surface area (Å²) in [6.45, 7) is 3.58. The topological polar surface area (TPSA) is 128 Å². The van der Waals surface area contributed by atoms with Crippen molar-refractivity contribution >= 4 is 35.1 Å². The van der Waals surface area contributed by atoms with Gasteiger partial charge in [0, 0.05) is 24.7 Å². The highest BCUT2D eigenvalue weighted by molar-refractivity contribution is 6.32. The number of amides is 2. The van der Waals surface area contributed by atoms with Crippen LogP contribution in [0.2, 0.25) is 5.02 Å². The van der Waals surface area contributed by atoms with E-state index in [1.807, 2.05) is 13.8 Å². The summed E-state index contributed by atoms with van der Waals surface area (Å²) in [5, 5.41) is 13.0. The van der Waals surface area contributed by atoms with Crippen LogP contribution in [0, 0.1) is 10.1 Å². The second kappa shape index (κ2) is 9.47. The van der Waals surface area contributed by atoms with Crippen LogP contribution in [-0.2, 0) is 19.1 Å². The first-order chi connectivity index (χ1) is 13.2. The Balaban J connectivity index is 1.80. The van der Waals surface area contributed by atoms with E-state index in [1.165, 1.54) is 12.1 Å². The fourth-order valence-corrected chi connectivity index (χ4v) is 2.90. The highest BCUT2D eigenvalue weighted by Gasteiger charge is 2.26. The molecule has 11 heteroatoms. The van der Waals surface area contributed by atoms with Gasteiger partial charge in [0.2, 0.25) is 0 Å². The largest absolute Gasteiger partial charge is 0.454 e. The van der Waals surface area contributed by atoms with Gasteiger partial charge in [0.1, 0.15) is 11.6 Å². The molecule has 1 heterocycles. The van der Waals surface area contributed by atoms with Crippen molar-refractivity contribution in [3.05, 3.63) is 38.9 Å². The number of carbonyl (C=O) groups excluding carboxylic acids is 3. The summed E-state index contributed by atoms with van der Waals surface area (Å²) in [4.78, 5) is 47.6. The number of carbonyl (C=O) groups is 3. The van der Waals surface area contributed by atoms with Gasteiger partial charge >= 0.3 is 5.97 Å². The maximum absolute atomic E-state index is 12.1. The second-order valence-corrected chi connectivity index (χ2v) is 6.73. The Morgan fingerprint density at radius 2 is 1.96 bits per heavy atom. The van der Waals surface area contributed by atoms with Crippen molar-refractivity contribution in [3.63, 3.8) is 0 Å². The van der Waals surface area contributed by atoms with Crippen molar-refractivity contribution in [1.82, 2.24) is 10.2 Å². The van der Waals surface area contributed by atoms with Gasteiger partial charge in [-0.05, 0) is 26.0 Å². The van der Waals surface area contributed by atoms with E-state index in [0.29, 0.717) is 13.1 Å². The summed E-state index contributed by atoms with van der Waals surface area (Å²) in [5.41, 5.74) is -0.451. The van der Waals surface area contributed by atoms with Crippen molar-refractivity contribution in [3.8, 4) is 0 Å². The fourth-order valence-electron chi connectivity index (χ4n) is 2.71. The molecule has 28 heavy (non-hydrogen) atoms. The Morgan fingerprint density at radius 3 is 2.57 bits per heavy atom. The van der Waals surface area contributed by atoms with Crippen molar-refractivity contribution in [2.75, 3.05) is 26.2 Å². The molecule has 2 rings (SSSR count). The molecule has 0 spiro atoms. The number of esters is 1. The SMILES string of the molecule is C[C@@H]1CN(C(=O)COC(=O)CNC(=O)c2ccc(Cl)c([N+](=O)[O-])c2)C[C@H](C)O1. The van der Waals surface area contributed by atoms with Gasteiger partial charge in [0.05, 0.1) is 17.1 Å². The Hall–Kier alpha value is -2.72. The lowest BCUT2D eigenvalue weighted by Gasteiger charge is -2.35. The van der Waals surface area contributed by atoms with Crippen molar-refractivity contribution in [2.45, 2.75) is 26.1 Å². The van der Waals surface area contributed by atoms with E-state index in [4.69, 9.17) is 21.1 Å². The monoisotopic (exact) mass is 413 g/mol. The van der Waals surface area contributed by atoms with Gasteiger partial charge in [-0.2, -0.15) is 0 Å². The quantitative estimate of drug-likeness (QED) is 0.421. The summed E-state index contributed by atoms with van der Waals surface area (Å²) in [6, 6.07) is 3.52. The summed E-state index contributed by atoms with van der Waals surface area (Å²) >= 11 is 5.69. The normalized spacial score (nSPS) is 19.0. The van der Waals surface area contributed by atoms with Gasteiger partial charge in [-0.15, -0.1) is 0 Å². The molecule has 2 atom stereocenters. The number of benzene rings is 1. The van der Waals surface area contributed by atoms with Crippen molar-refractivity contribution < 1.29 is 28.8 Å². The van der Waals surface area contributed by atoms with E-state index in [2.05, 4.69) is 5.32 Å². The number of nitrogens with one attached hydrogen (secondary N) is 1. The van der Waals surface area contributed by atoms with E-state index in [0.717, 1.165) is 6.07 Å². The van der Waals surface area contributed by atoms with Crippen LogP contribution in [0.4, 0.5) is 5.69 Å². The first-order valence-electron chi connectivity index (χ1n) is 8.48. The Labute approximate surface area is 165 Å². The van der Waals surface area contributed by atoms with Gasteiger partial charge in [-0.3, -0.25) is 24.5 Å². The lowest BCUT2D eigenvalue weighted by Crippen LogP contribution is -2.49. The molecule has 1 saturated heterocycles. The predicted octanol–water partition coefficient (Wildman–Crippen LogP) is 1.16. The van der Waals surface area contributed by atoms with Gasteiger partial charge in [0.15, 0.2) is 6.61 Å². The molecule has 1 fully saturated rings. The number of nitro benzene ring substituents is 1. The summed E-state index contributed by atoms with van der Waals surface area (Å²) in [6.07, 6.45) is -0.211. The summed E-state index contributed by atoms with van der Waals surface area (Å²) < 4.78 is 10.4. The first kappa shape index (κ1) is 21.6. The standard InChI is InChI=1S/C17H20ClN3O7/c1-10-7-20(8-11(2)28-10)15(22)9-27-16(23)6-19-17(24)12-3-4-13(18)14(5-12)21(25)26/h3-5,10-11H,6-9H2,1-2H3,(H,19,24)/t10-,11+. The zero-order chi connectivity index (χ0) is 20.8. The number of hydrogen-bond donors (Lipinski definition) is 1. The molecule has 0 unspecified atom stereocenters. The third-order valence-electron chi connectivity index (χ3n) is 3.93. The predicted molar refractivity (Wildman–Crippen MR) is 98.0 cm³/mol. The fraction of sp³-hybridized carbons (Fsp3) is 0.471. The van der Waals surface area contributed by atoms with Crippen LogP contribution in [0.25, 0.3) is 0 Å². The van der Waals surface area contributed by atoms with Crippen LogP contribution in [0.5, 0.6) is 0 Å². The van der Waals surface area contributed by atoms with Crippen LogP contribution in [0.15, 0.2) is 18.2 Å². The molecule has 152 valence electrons. The molecule has 0 saturated carbocycles. The van der Waals surface area contributed by atoms with E-state index in [9.17, 15) is 24.5 Å². The molecule has 1 aliphatic rings. The smallest absolute Gasteiger partial charge is 0.325 e. The van der Waals surface area contributed by atoms with Gasteiger partial charge in [-0.1, -0.05) is 11.6 Å². The number of morpholine rings is 1. The Morgan fingerprint density at radius 1 is 1.32 bits per heavy atom. The molecule has 0 radical (unpaired) electrons. The third-order valence-corrected chi connectivity index (χ3v) is 4.25. The summed E-state index contributed by atoms with van der Waals surface area (Å²) in [5.74, 6) is -1.87. The lowest BCUT2D eigenvalue weighted by molar-refractivity contribution is -0.384. The molecule has 1 aliphatic heterocycles. The molecule has 2 amide bonds. The van der Waals surface area contributed by atoms with Gasteiger partial charge in [-0.25, -0.2) is 0 Å². The average molecular weight is 414 g/mol. The number of rotatable bonds is 6. The van der Waals surface area contributed by atoms with Crippen LogP contribution >= 0.6 is 11.6 Å². The van der Waals surface area contributed by atoms with Crippen LogP contribution in [0.1, 0.15) is 24.2 Å². The van der Waals surface area contributed by atoms with Crippen LogP contribution < -0.4 is 5.32 Å². The molecule has 10 nitrogen and oxygen atoms in total. The van der Waals surface area contributed by atoms with E-state index >= 15 is 0 Å². The van der Waals surface area contributed by atoms with E-state index < -0.39 is 35.6 Å². The number of nitrogens with zero attached hydrogens (tertiary/aromatic N) is 2. The van der Waals surface area contributed by atoms with Gasteiger partial charge < -0.3 is 19.7 Å². The minimum atomic E-state index is -0.806. The maximum atomic E-state index is 12.1. The number of nitro groups is 1. The van der Waals surface area contributed by atoms with Crippen molar-refractivity contribution in [1.29, 1.82) is 0 Å².